The number of nitrogens with one attached hydrogen (secondary N) is 2. The second-order valence-electron chi connectivity index (χ2n) is 7.21. The summed E-state index contributed by atoms with van der Waals surface area (Å²) in [5.41, 5.74) is 2.62. The van der Waals surface area contributed by atoms with Gasteiger partial charge in [-0.15, -0.1) is 0 Å². The van der Waals surface area contributed by atoms with Crippen LogP contribution in [0.5, 0.6) is 0 Å². The lowest BCUT2D eigenvalue weighted by atomic mass is 10.1. The Balaban J connectivity index is 2.02. The zero-order valence-electron chi connectivity index (χ0n) is 17.0. The molecular formula is C21H24N6O3. The summed E-state index contributed by atoms with van der Waals surface area (Å²) in [6, 6.07) is 10.1. The Morgan fingerprint density at radius 1 is 1.17 bits per heavy atom. The Hall–Kier alpha value is -3.59. The first-order chi connectivity index (χ1) is 14.4. The Labute approximate surface area is 174 Å². The molecule has 3 aromatic rings. The average molecular weight is 408 g/mol. The molecule has 0 aliphatic heterocycles. The molecule has 9 nitrogen and oxygen atoms in total. The molecule has 3 rings (SSSR count). The standard InChI is InChI=1S/C21H24N6O3/c1-13(2)18(12-28)25-21-24-17(15-7-9-22-10-8-15)11-20(26-21)23-16-5-4-6-19(14(16)3)27(29)30/h4-11,13,18,28H,12H2,1-3H3,(H2,23,24,25,26)/t18-/m0/s1. The average Bonchev–Trinajstić information content (AvgIpc) is 2.73. The minimum atomic E-state index is -0.412. The van der Waals surface area contributed by atoms with Gasteiger partial charge in [0.1, 0.15) is 5.82 Å². The van der Waals surface area contributed by atoms with Gasteiger partial charge < -0.3 is 15.7 Å². The Kier molecular flexibility index (Phi) is 6.53. The number of anilines is 3. The van der Waals surface area contributed by atoms with Crippen LogP contribution in [-0.4, -0.2) is 37.6 Å². The van der Waals surface area contributed by atoms with Crippen molar-refractivity contribution in [2.75, 3.05) is 17.2 Å². The number of hydrogen-bond donors (Lipinski definition) is 3. The van der Waals surface area contributed by atoms with Crippen molar-refractivity contribution in [1.29, 1.82) is 0 Å². The number of aliphatic hydroxyl groups is 1. The lowest BCUT2D eigenvalue weighted by Gasteiger charge is -2.21. The van der Waals surface area contributed by atoms with Gasteiger partial charge in [0.15, 0.2) is 0 Å². The third-order valence-electron chi connectivity index (χ3n) is 4.78. The molecule has 0 unspecified atom stereocenters. The van der Waals surface area contributed by atoms with Crippen LogP contribution in [0.2, 0.25) is 0 Å². The number of nitrogens with zero attached hydrogens (tertiary/aromatic N) is 4. The van der Waals surface area contributed by atoms with E-state index in [0.717, 1.165) is 5.56 Å². The number of aliphatic hydroxyl groups excluding tert-OH is 1. The third-order valence-corrected chi connectivity index (χ3v) is 4.78. The molecule has 0 spiro atoms. The lowest BCUT2D eigenvalue weighted by Crippen LogP contribution is -2.30. The first kappa shape index (κ1) is 21.1. The van der Waals surface area contributed by atoms with Crippen molar-refractivity contribution in [2.45, 2.75) is 26.8 Å². The van der Waals surface area contributed by atoms with E-state index in [0.29, 0.717) is 28.7 Å². The third kappa shape index (κ3) is 4.87. The molecule has 0 amide bonds. The van der Waals surface area contributed by atoms with E-state index in [9.17, 15) is 15.2 Å². The molecule has 30 heavy (non-hydrogen) atoms. The van der Waals surface area contributed by atoms with Crippen molar-refractivity contribution in [3.63, 3.8) is 0 Å². The maximum absolute atomic E-state index is 11.3. The van der Waals surface area contributed by atoms with Crippen LogP contribution in [-0.2, 0) is 0 Å². The molecule has 0 fully saturated rings. The molecule has 0 bridgehead atoms. The van der Waals surface area contributed by atoms with Gasteiger partial charge in [-0.25, -0.2) is 4.98 Å². The van der Waals surface area contributed by atoms with E-state index in [-0.39, 0.29) is 24.3 Å². The molecule has 0 saturated heterocycles. The van der Waals surface area contributed by atoms with Crippen molar-refractivity contribution in [2.24, 2.45) is 5.92 Å². The summed E-state index contributed by atoms with van der Waals surface area (Å²) >= 11 is 0. The Morgan fingerprint density at radius 3 is 2.53 bits per heavy atom. The minimum Gasteiger partial charge on any atom is -0.394 e. The van der Waals surface area contributed by atoms with E-state index in [4.69, 9.17) is 0 Å². The Bertz CT molecular complexity index is 1030. The van der Waals surface area contributed by atoms with Crippen LogP contribution < -0.4 is 10.6 Å². The van der Waals surface area contributed by atoms with Gasteiger partial charge in [0.2, 0.25) is 5.95 Å². The van der Waals surface area contributed by atoms with Crippen molar-refractivity contribution >= 4 is 23.1 Å². The van der Waals surface area contributed by atoms with Crippen molar-refractivity contribution < 1.29 is 10.0 Å². The van der Waals surface area contributed by atoms with E-state index >= 15 is 0 Å². The van der Waals surface area contributed by atoms with E-state index in [2.05, 4.69) is 25.6 Å². The SMILES string of the molecule is Cc1c(Nc2cc(-c3ccncc3)nc(N[C@@H](CO)C(C)C)n2)cccc1[N+](=O)[O-]. The molecule has 1 aromatic carbocycles. The van der Waals surface area contributed by atoms with Crippen LogP contribution in [0, 0.1) is 23.0 Å². The predicted octanol–water partition coefficient (Wildman–Crippen LogP) is 3.93. The highest BCUT2D eigenvalue weighted by Crippen LogP contribution is 2.29. The highest BCUT2D eigenvalue weighted by Gasteiger charge is 2.17. The molecule has 0 saturated carbocycles. The van der Waals surface area contributed by atoms with Crippen molar-refractivity contribution in [1.82, 2.24) is 15.0 Å². The number of hydrogen-bond acceptors (Lipinski definition) is 8. The smallest absolute Gasteiger partial charge is 0.274 e. The zero-order chi connectivity index (χ0) is 21.7. The Morgan fingerprint density at radius 2 is 1.90 bits per heavy atom. The zero-order valence-corrected chi connectivity index (χ0v) is 17.0. The molecule has 0 aliphatic rings. The van der Waals surface area contributed by atoms with E-state index in [1.807, 2.05) is 26.0 Å². The van der Waals surface area contributed by atoms with Gasteiger partial charge in [-0.05, 0) is 31.0 Å². The molecule has 2 aromatic heterocycles. The van der Waals surface area contributed by atoms with E-state index in [1.165, 1.54) is 6.07 Å². The first-order valence-electron chi connectivity index (χ1n) is 9.57. The molecular weight excluding hydrogens is 384 g/mol. The maximum Gasteiger partial charge on any atom is 0.274 e. The van der Waals surface area contributed by atoms with Gasteiger partial charge in [0, 0.05) is 35.8 Å². The van der Waals surface area contributed by atoms with Crippen molar-refractivity contribution in [3.05, 3.63) is 64.5 Å². The summed E-state index contributed by atoms with van der Waals surface area (Å²) in [5, 5.41) is 27.2. The van der Waals surface area contributed by atoms with Gasteiger partial charge in [-0.3, -0.25) is 15.1 Å². The van der Waals surface area contributed by atoms with Gasteiger partial charge >= 0.3 is 0 Å². The number of nitro groups is 1. The molecule has 0 aliphatic carbocycles. The highest BCUT2D eigenvalue weighted by molar-refractivity contribution is 5.70. The number of pyridine rings is 1. The molecule has 9 heteroatoms. The lowest BCUT2D eigenvalue weighted by molar-refractivity contribution is -0.385. The summed E-state index contributed by atoms with van der Waals surface area (Å²) in [6.07, 6.45) is 3.35. The van der Waals surface area contributed by atoms with E-state index in [1.54, 1.807) is 37.5 Å². The number of aromatic nitrogens is 3. The van der Waals surface area contributed by atoms with Crippen LogP contribution in [0.1, 0.15) is 19.4 Å². The summed E-state index contributed by atoms with van der Waals surface area (Å²) in [6.45, 7) is 5.61. The molecule has 156 valence electrons. The van der Waals surface area contributed by atoms with Crippen LogP contribution in [0.15, 0.2) is 48.8 Å². The monoisotopic (exact) mass is 408 g/mol. The van der Waals surface area contributed by atoms with Gasteiger partial charge in [0.25, 0.3) is 5.69 Å². The summed E-state index contributed by atoms with van der Waals surface area (Å²) in [4.78, 5) is 24.0. The predicted molar refractivity (Wildman–Crippen MR) is 116 cm³/mol. The topological polar surface area (TPSA) is 126 Å². The molecule has 3 N–H and O–H groups in total. The summed E-state index contributed by atoms with van der Waals surface area (Å²) < 4.78 is 0. The fraction of sp³-hybridized carbons (Fsp3) is 0.286. The van der Waals surface area contributed by atoms with Crippen molar-refractivity contribution in [3.8, 4) is 11.3 Å². The van der Waals surface area contributed by atoms with E-state index < -0.39 is 4.92 Å². The summed E-state index contributed by atoms with van der Waals surface area (Å²) in [5.74, 6) is 0.990. The highest BCUT2D eigenvalue weighted by atomic mass is 16.6. The molecule has 2 heterocycles. The van der Waals surface area contributed by atoms with Crippen LogP contribution in [0.25, 0.3) is 11.3 Å². The normalized spacial score (nSPS) is 11.9. The van der Waals surface area contributed by atoms with Gasteiger partial charge in [-0.1, -0.05) is 19.9 Å². The molecule has 0 radical (unpaired) electrons. The maximum atomic E-state index is 11.3. The van der Waals surface area contributed by atoms with Crippen LogP contribution in [0.4, 0.5) is 23.1 Å². The number of rotatable bonds is 8. The quantitative estimate of drug-likeness (QED) is 0.378. The first-order valence-corrected chi connectivity index (χ1v) is 9.57. The van der Waals surface area contributed by atoms with Crippen LogP contribution in [0.3, 0.4) is 0 Å². The molecule has 1 atom stereocenters. The summed E-state index contributed by atoms with van der Waals surface area (Å²) in [7, 11) is 0. The minimum absolute atomic E-state index is 0.0296. The van der Waals surface area contributed by atoms with Crippen LogP contribution >= 0.6 is 0 Å². The fourth-order valence-corrected chi connectivity index (χ4v) is 2.93. The van der Waals surface area contributed by atoms with Gasteiger partial charge in [-0.2, -0.15) is 4.98 Å². The second-order valence-corrected chi connectivity index (χ2v) is 7.21. The number of benzene rings is 1. The second kappa shape index (κ2) is 9.27. The largest absolute Gasteiger partial charge is 0.394 e. The van der Waals surface area contributed by atoms with Gasteiger partial charge in [0.05, 0.1) is 28.8 Å². The fourth-order valence-electron chi connectivity index (χ4n) is 2.93. The number of nitro benzene ring substituents is 1.